The van der Waals surface area contributed by atoms with Crippen molar-refractivity contribution in [3.8, 4) is 0 Å². The molecular formula is C28H27N7O7. The smallest absolute Gasteiger partial charge is 0.335 e. The van der Waals surface area contributed by atoms with E-state index in [4.69, 9.17) is 14.2 Å². The Labute approximate surface area is 239 Å². The van der Waals surface area contributed by atoms with Gasteiger partial charge in [-0.2, -0.15) is 0 Å². The highest BCUT2D eigenvalue weighted by Crippen LogP contribution is 2.44. The number of aromatic nitrogens is 4. The number of carboxylic acids is 1. The molecule has 4 aromatic rings. The van der Waals surface area contributed by atoms with Gasteiger partial charge >= 0.3 is 12.0 Å². The number of fused-ring (bicyclic) bond motifs is 2. The molecule has 0 bridgehead atoms. The fourth-order valence-electron chi connectivity index (χ4n) is 5.03. The van der Waals surface area contributed by atoms with Crippen LogP contribution in [-0.2, 0) is 19.0 Å². The van der Waals surface area contributed by atoms with Gasteiger partial charge in [-0.1, -0.05) is 24.3 Å². The SMILES string of the molecule is CC1(C)OC2C(C(=O)CNc3cccc(C(=O)O)c3)OC(n3cnc4c(NC(=O)Nc5ccccc5)ncnc43)C2O1. The molecule has 2 fully saturated rings. The second-order valence-corrected chi connectivity index (χ2v) is 10.2. The molecule has 14 nitrogen and oxygen atoms in total. The third kappa shape index (κ3) is 5.37. The van der Waals surface area contributed by atoms with Crippen molar-refractivity contribution in [3.63, 3.8) is 0 Å². The number of anilines is 3. The lowest BCUT2D eigenvalue weighted by Gasteiger charge is -2.24. The number of hydrogen-bond donors (Lipinski definition) is 4. The first-order chi connectivity index (χ1) is 20.2. The highest BCUT2D eigenvalue weighted by Gasteiger charge is 2.58. The fourth-order valence-corrected chi connectivity index (χ4v) is 5.03. The largest absolute Gasteiger partial charge is 0.478 e. The summed E-state index contributed by atoms with van der Waals surface area (Å²) in [5, 5.41) is 17.6. The van der Waals surface area contributed by atoms with Crippen molar-refractivity contribution < 1.29 is 33.7 Å². The first kappa shape index (κ1) is 27.3. The van der Waals surface area contributed by atoms with Crippen LogP contribution < -0.4 is 16.0 Å². The first-order valence-corrected chi connectivity index (χ1v) is 13.1. The van der Waals surface area contributed by atoms with Gasteiger partial charge in [-0.05, 0) is 44.2 Å². The highest BCUT2D eigenvalue weighted by molar-refractivity contribution is 6.03. The van der Waals surface area contributed by atoms with Gasteiger partial charge in [0.15, 0.2) is 34.8 Å². The summed E-state index contributed by atoms with van der Waals surface area (Å²) < 4.78 is 20.1. The summed E-state index contributed by atoms with van der Waals surface area (Å²) in [4.78, 5) is 50.2. The maximum absolute atomic E-state index is 13.4. The van der Waals surface area contributed by atoms with Crippen molar-refractivity contribution in [2.75, 3.05) is 22.5 Å². The van der Waals surface area contributed by atoms with Crippen molar-refractivity contribution in [1.82, 2.24) is 19.5 Å². The Kier molecular flexibility index (Phi) is 7.02. The van der Waals surface area contributed by atoms with Crippen LogP contribution in [0.25, 0.3) is 11.2 Å². The summed E-state index contributed by atoms with van der Waals surface area (Å²) in [6.45, 7) is 3.37. The average Bonchev–Trinajstić information content (AvgIpc) is 3.63. The predicted octanol–water partition coefficient (Wildman–Crippen LogP) is 3.27. The third-order valence-electron chi connectivity index (χ3n) is 6.82. The number of Topliss-reactive ketones (excluding diaryl/α,β-unsaturated/α-hetero) is 1. The van der Waals surface area contributed by atoms with E-state index in [1.165, 1.54) is 24.8 Å². The van der Waals surface area contributed by atoms with Crippen LogP contribution in [0.15, 0.2) is 67.3 Å². The molecule has 42 heavy (non-hydrogen) atoms. The zero-order chi connectivity index (χ0) is 29.4. The number of carbonyl (C=O) groups is 3. The van der Waals surface area contributed by atoms with E-state index in [-0.39, 0.29) is 23.7 Å². The fraction of sp³-hybridized carbons (Fsp3) is 0.286. The number of ether oxygens (including phenoxy) is 3. The minimum absolute atomic E-state index is 0.0966. The van der Waals surface area contributed by atoms with E-state index in [1.807, 2.05) is 6.07 Å². The number of imidazole rings is 1. The number of nitrogens with one attached hydrogen (secondary N) is 3. The summed E-state index contributed by atoms with van der Waals surface area (Å²) in [6, 6.07) is 14.6. The summed E-state index contributed by atoms with van der Waals surface area (Å²) in [6.07, 6.45) is -0.442. The molecule has 14 heteroatoms. The molecule has 0 saturated carbocycles. The molecule has 216 valence electrons. The van der Waals surface area contributed by atoms with E-state index in [1.54, 1.807) is 54.8 Å². The standard InChI is InChI=1S/C28H27N7O7/c1-28(2)41-21-20(18(36)12-29-17-10-6-7-15(11-17)26(37)38)40-25(22(21)42-28)35-14-32-19-23(30-13-31-24(19)35)34-27(39)33-16-8-4-3-5-9-16/h3-11,13-14,20-22,25,29H,12H2,1-2H3,(H,37,38)(H2,30,31,33,34,39). The van der Waals surface area contributed by atoms with Gasteiger partial charge in [-0.3, -0.25) is 14.7 Å². The summed E-state index contributed by atoms with van der Waals surface area (Å²) in [7, 11) is 0. The van der Waals surface area contributed by atoms with Crippen LogP contribution in [0.4, 0.5) is 22.0 Å². The van der Waals surface area contributed by atoms with E-state index in [2.05, 4.69) is 30.9 Å². The topological polar surface area (TPSA) is 179 Å². The minimum atomic E-state index is -1.07. The number of hydrogen-bond acceptors (Lipinski definition) is 10. The predicted molar refractivity (Wildman–Crippen MR) is 149 cm³/mol. The Bertz CT molecular complexity index is 1660. The number of aromatic carboxylic acids is 1. The van der Waals surface area contributed by atoms with E-state index in [9.17, 15) is 19.5 Å². The first-order valence-electron chi connectivity index (χ1n) is 13.1. The molecule has 4 heterocycles. The Morgan fingerprint density at radius 2 is 1.71 bits per heavy atom. The van der Waals surface area contributed by atoms with Gasteiger partial charge in [0.2, 0.25) is 0 Å². The molecule has 2 aliphatic rings. The zero-order valence-corrected chi connectivity index (χ0v) is 22.6. The molecule has 4 unspecified atom stereocenters. The Balaban J connectivity index is 1.21. The molecule has 4 atom stereocenters. The van der Waals surface area contributed by atoms with Crippen LogP contribution in [0.1, 0.15) is 30.4 Å². The van der Waals surface area contributed by atoms with Crippen molar-refractivity contribution in [1.29, 1.82) is 0 Å². The van der Waals surface area contributed by atoms with E-state index >= 15 is 0 Å². The van der Waals surface area contributed by atoms with Crippen molar-refractivity contribution >= 4 is 46.1 Å². The minimum Gasteiger partial charge on any atom is -0.478 e. The van der Waals surface area contributed by atoms with Gasteiger partial charge in [-0.25, -0.2) is 24.5 Å². The molecule has 4 N–H and O–H groups in total. The van der Waals surface area contributed by atoms with Crippen LogP contribution >= 0.6 is 0 Å². The highest BCUT2D eigenvalue weighted by atomic mass is 16.8. The lowest BCUT2D eigenvalue weighted by Crippen LogP contribution is -2.38. The number of benzene rings is 2. The van der Waals surface area contributed by atoms with Gasteiger partial charge in [0, 0.05) is 11.4 Å². The van der Waals surface area contributed by atoms with E-state index in [0.29, 0.717) is 22.5 Å². The van der Waals surface area contributed by atoms with Crippen LogP contribution in [0.2, 0.25) is 0 Å². The van der Waals surface area contributed by atoms with Gasteiger partial charge in [0.25, 0.3) is 0 Å². The summed E-state index contributed by atoms with van der Waals surface area (Å²) in [5.41, 5.74) is 1.85. The zero-order valence-electron chi connectivity index (χ0n) is 22.6. The lowest BCUT2D eigenvalue weighted by atomic mass is 10.1. The molecular weight excluding hydrogens is 546 g/mol. The number of nitrogens with zero attached hydrogens (tertiary/aromatic N) is 4. The number of ketones is 1. The molecule has 2 amide bonds. The maximum Gasteiger partial charge on any atom is 0.335 e. The second-order valence-electron chi connectivity index (χ2n) is 10.2. The molecule has 2 aliphatic heterocycles. The number of urea groups is 1. The number of amides is 2. The van der Waals surface area contributed by atoms with Crippen LogP contribution in [0, 0.1) is 0 Å². The number of rotatable bonds is 8. The molecule has 6 rings (SSSR count). The van der Waals surface area contributed by atoms with E-state index in [0.717, 1.165) is 0 Å². The van der Waals surface area contributed by atoms with Crippen LogP contribution in [-0.4, -0.2) is 73.1 Å². The maximum atomic E-state index is 13.4. The van der Waals surface area contributed by atoms with E-state index < -0.39 is 42.3 Å². The second kappa shape index (κ2) is 10.8. The van der Waals surface area contributed by atoms with Crippen molar-refractivity contribution in [3.05, 3.63) is 72.8 Å². The lowest BCUT2D eigenvalue weighted by molar-refractivity contribution is -0.196. The monoisotopic (exact) mass is 573 g/mol. The number of carbonyl (C=O) groups excluding carboxylic acids is 2. The Morgan fingerprint density at radius 1 is 0.952 bits per heavy atom. The third-order valence-corrected chi connectivity index (χ3v) is 6.82. The van der Waals surface area contributed by atoms with Crippen molar-refractivity contribution in [2.24, 2.45) is 0 Å². The summed E-state index contributed by atoms with van der Waals surface area (Å²) >= 11 is 0. The Hall–Kier alpha value is -4.92. The quantitative estimate of drug-likeness (QED) is 0.243. The molecule has 2 aromatic carbocycles. The Morgan fingerprint density at radius 3 is 2.50 bits per heavy atom. The average molecular weight is 574 g/mol. The molecule has 0 radical (unpaired) electrons. The van der Waals surface area contributed by atoms with Gasteiger partial charge in [0.1, 0.15) is 24.6 Å². The van der Waals surface area contributed by atoms with Gasteiger partial charge < -0.3 is 30.0 Å². The van der Waals surface area contributed by atoms with Crippen molar-refractivity contribution in [2.45, 2.75) is 44.2 Å². The number of carboxylic acid groups (broad SMARTS) is 1. The van der Waals surface area contributed by atoms with Crippen LogP contribution in [0.5, 0.6) is 0 Å². The van der Waals surface area contributed by atoms with Gasteiger partial charge in [0.05, 0.1) is 18.4 Å². The number of para-hydroxylation sites is 1. The summed E-state index contributed by atoms with van der Waals surface area (Å²) in [5.74, 6) is -2.17. The molecule has 0 spiro atoms. The van der Waals surface area contributed by atoms with Crippen LogP contribution in [0.3, 0.4) is 0 Å². The molecule has 2 aromatic heterocycles. The molecule has 2 saturated heterocycles. The van der Waals surface area contributed by atoms with Gasteiger partial charge in [-0.15, -0.1) is 0 Å². The molecule has 0 aliphatic carbocycles. The normalized spacial score (nSPS) is 22.4.